The maximum Gasteiger partial charge on any atom is 0.339 e. The van der Waals surface area contributed by atoms with Gasteiger partial charge in [0.05, 0.1) is 28.0 Å². The molecule has 8 heteroatoms. The van der Waals surface area contributed by atoms with Crippen molar-refractivity contribution in [1.29, 1.82) is 0 Å². The van der Waals surface area contributed by atoms with E-state index in [1.54, 1.807) is 48.3 Å². The predicted octanol–water partition coefficient (Wildman–Crippen LogP) is 5.93. The number of carbonyl (C=O) groups is 2. The smallest absolute Gasteiger partial charge is 0.339 e. The van der Waals surface area contributed by atoms with Gasteiger partial charge in [-0.05, 0) is 66.7 Å². The Hall–Kier alpha value is -4.69. The van der Waals surface area contributed by atoms with E-state index in [9.17, 15) is 9.59 Å². The number of amides is 1. The number of carbonyl (C=O) groups excluding carboxylic acids is 2. The first-order valence-electron chi connectivity index (χ1n) is 11.9. The average molecular weight is 521 g/mol. The molecule has 2 heterocycles. The van der Waals surface area contributed by atoms with Gasteiger partial charge in [0.25, 0.3) is 5.91 Å². The minimum absolute atomic E-state index is 0.0510. The molecule has 5 aromatic rings. The van der Waals surface area contributed by atoms with Gasteiger partial charge in [0.15, 0.2) is 6.73 Å². The van der Waals surface area contributed by atoms with Gasteiger partial charge in [-0.3, -0.25) is 9.78 Å². The third-order valence-corrected chi connectivity index (χ3v) is 6.83. The highest BCUT2D eigenvalue weighted by Gasteiger charge is 2.15. The van der Waals surface area contributed by atoms with E-state index < -0.39 is 5.97 Å². The van der Waals surface area contributed by atoms with Crippen molar-refractivity contribution in [2.75, 3.05) is 7.05 Å². The van der Waals surface area contributed by atoms with Crippen molar-refractivity contribution in [2.24, 2.45) is 0 Å². The van der Waals surface area contributed by atoms with E-state index in [1.165, 1.54) is 11.8 Å². The highest BCUT2D eigenvalue weighted by molar-refractivity contribution is 7.99. The molecule has 0 radical (unpaired) electrons. The topological polar surface area (TPSA) is 86.1 Å². The van der Waals surface area contributed by atoms with Crippen molar-refractivity contribution < 1.29 is 14.3 Å². The van der Waals surface area contributed by atoms with Crippen molar-refractivity contribution in [2.45, 2.75) is 16.5 Å². The molecule has 0 saturated heterocycles. The summed E-state index contributed by atoms with van der Waals surface area (Å²) in [5.74, 6) is -0.571. The van der Waals surface area contributed by atoms with Crippen LogP contribution in [0, 0.1) is 0 Å². The molecule has 0 unspecified atom stereocenters. The summed E-state index contributed by atoms with van der Waals surface area (Å²) in [6, 6.07) is 28.0. The molecule has 7 nitrogen and oxygen atoms in total. The number of ether oxygens (including phenoxy) is 1. The van der Waals surface area contributed by atoms with Crippen molar-refractivity contribution in [3.05, 3.63) is 120 Å². The van der Waals surface area contributed by atoms with E-state index in [-0.39, 0.29) is 12.6 Å². The van der Waals surface area contributed by atoms with Crippen LogP contribution in [0.4, 0.5) is 0 Å². The van der Waals surface area contributed by atoms with Gasteiger partial charge in [-0.1, -0.05) is 48.2 Å². The van der Waals surface area contributed by atoms with Crippen molar-refractivity contribution in [1.82, 2.24) is 20.1 Å². The Kier molecular flexibility index (Phi) is 7.61. The van der Waals surface area contributed by atoms with Gasteiger partial charge in [0, 0.05) is 28.4 Å². The number of nitrogens with zero attached hydrogens (tertiary/aromatic N) is 3. The van der Waals surface area contributed by atoms with E-state index in [0.29, 0.717) is 11.1 Å². The van der Waals surface area contributed by atoms with Crippen molar-refractivity contribution in [3.63, 3.8) is 0 Å². The molecule has 0 aliphatic heterocycles. The first-order valence-corrected chi connectivity index (χ1v) is 12.7. The minimum Gasteiger partial charge on any atom is -0.439 e. The zero-order valence-corrected chi connectivity index (χ0v) is 21.4. The van der Waals surface area contributed by atoms with Gasteiger partial charge in [-0.2, -0.15) is 5.10 Å². The molecule has 0 saturated carbocycles. The fourth-order valence-corrected chi connectivity index (χ4v) is 4.86. The summed E-state index contributed by atoms with van der Waals surface area (Å²) in [7, 11) is 1.62. The monoisotopic (exact) mass is 520 g/mol. The molecular weight excluding hydrogens is 496 g/mol. The van der Waals surface area contributed by atoms with Crippen LogP contribution in [0.25, 0.3) is 23.1 Å². The number of fused-ring (bicyclic) bond motifs is 1. The van der Waals surface area contributed by atoms with Gasteiger partial charge in [-0.25, -0.2) is 9.48 Å². The second-order valence-electron chi connectivity index (χ2n) is 8.26. The Labute approximate surface area is 224 Å². The Morgan fingerprint density at radius 2 is 1.74 bits per heavy atom. The second-order valence-corrected chi connectivity index (χ2v) is 9.37. The van der Waals surface area contributed by atoms with E-state index in [4.69, 9.17) is 9.84 Å². The SMILES string of the molecule is CNC(=O)c1ccccc1Sc1ccc2c(/C=C/c3ccccn3)nn(COC(=O)c3ccccc3)c2c1. The van der Waals surface area contributed by atoms with Gasteiger partial charge in [0.1, 0.15) is 0 Å². The first kappa shape index (κ1) is 25.0. The Balaban J connectivity index is 1.49. The minimum atomic E-state index is -0.426. The summed E-state index contributed by atoms with van der Waals surface area (Å²) in [4.78, 5) is 31.0. The third-order valence-electron chi connectivity index (χ3n) is 5.77. The molecule has 1 N–H and O–H groups in total. The highest BCUT2D eigenvalue weighted by Crippen LogP contribution is 2.33. The lowest BCUT2D eigenvalue weighted by Crippen LogP contribution is -2.18. The molecule has 1 amide bonds. The van der Waals surface area contributed by atoms with Crippen molar-refractivity contribution >= 4 is 46.7 Å². The summed E-state index contributed by atoms with van der Waals surface area (Å²) in [6.45, 7) is -0.0510. The molecule has 0 aliphatic rings. The predicted molar refractivity (Wildman–Crippen MR) is 149 cm³/mol. The largest absolute Gasteiger partial charge is 0.439 e. The molecule has 2 aromatic heterocycles. The number of nitrogens with one attached hydrogen (secondary N) is 1. The Morgan fingerprint density at radius 3 is 2.53 bits per heavy atom. The van der Waals surface area contributed by atoms with E-state index in [0.717, 1.165) is 32.1 Å². The number of hydrogen-bond donors (Lipinski definition) is 1. The molecule has 0 atom stereocenters. The maximum absolute atomic E-state index is 12.6. The molecule has 0 bridgehead atoms. The molecule has 0 spiro atoms. The van der Waals surface area contributed by atoms with Crippen LogP contribution in [-0.4, -0.2) is 33.7 Å². The molecule has 188 valence electrons. The van der Waals surface area contributed by atoms with Crippen LogP contribution in [0.5, 0.6) is 0 Å². The lowest BCUT2D eigenvalue weighted by Gasteiger charge is -2.09. The molecule has 5 rings (SSSR count). The van der Waals surface area contributed by atoms with Crippen LogP contribution in [0.3, 0.4) is 0 Å². The normalized spacial score (nSPS) is 11.1. The number of pyridine rings is 1. The number of aromatic nitrogens is 3. The summed E-state index contributed by atoms with van der Waals surface area (Å²) in [5, 5.41) is 8.32. The summed E-state index contributed by atoms with van der Waals surface area (Å²) < 4.78 is 7.26. The van der Waals surface area contributed by atoms with Gasteiger partial charge >= 0.3 is 5.97 Å². The summed E-state index contributed by atoms with van der Waals surface area (Å²) in [5.41, 5.74) is 3.41. The van der Waals surface area contributed by atoms with Crippen molar-refractivity contribution in [3.8, 4) is 0 Å². The van der Waals surface area contributed by atoms with E-state index in [2.05, 4.69) is 10.3 Å². The number of esters is 1. The van der Waals surface area contributed by atoms with Crippen LogP contribution < -0.4 is 5.32 Å². The Morgan fingerprint density at radius 1 is 0.947 bits per heavy atom. The fourth-order valence-electron chi connectivity index (χ4n) is 3.89. The highest BCUT2D eigenvalue weighted by atomic mass is 32.2. The number of benzene rings is 3. The van der Waals surface area contributed by atoms with E-state index in [1.807, 2.05) is 72.8 Å². The average Bonchev–Trinajstić information content (AvgIpc) is 3.32. The molecule has 0 aliphatic carbocycles. The summed E-state index contributed by atoms with van der Waals surface area (Å²) in [6.07, 6.45) is 5.53. The fraction of sp³-hybridized carbons (Fsp3) is 0.0667. The number of rotatable bonds is 8. The molecule has 38 heavy (non-hydrogen) atoms. The van der Waals surface area contributed by atoms with E-state index >= 15 is 0 Å². The van der Waals surface area contributed by atoms with Crippen LogP contribution >= 0.6 is 11.8 Å². The van der Waals surface area contributed by atoms with Gasteiger partial charge < -0.3 is 10.1 Å². The molecule has 0 fully saturated rings. The number of hydrogen-bond acceptors (Lipinski definition) is 6. The molecule has 3 aromatic carbocycles. The zero-order chi connectivity index (χ0) is 26.3. The zero-order valence-electron chi connectivity index (χ0n) is 20.6. The second kappa shape index (κ2) is 11.6. The summed E-state index contributed by atoms with van der Waals surface area (Å²) >= 11 is 1.48. The first-order chi connectivity index (χ1) is 18.6. The van der Waals surface area contributed by atoms with Gasteiger partial charge in [0.2, 0.25) is 0 Å². The standard InChI is InChI=1S/C30H24N4O3S/c1-31-29(35)25-12-5-6-13-28(25)38-23-15-16-24-26(17-14-22-11-7-8-18-32-22)33-34(27(24)19-23)20-37-30(36)21-9-3-2-4-10-21/h2-19H,20H2,1H3,(H,31,35)/b17-14+. The Bertz CT molecular complexity index is 1620. The maximum atomic E-state index is 12.6. The van der Waals surface area contributed by atoms with Gasteiger partial charge in [-0.15, -0.1) is 0 Å². The van der Waals surface area contributed by atoms with Crippen LogP contribution in [0.2, 0.25) is 0 Å². The lowest BCUT2D eigenvalue weighted by molar-refractivity contribution is 0.0358. The quantitative estimate of drug-likeness (QED) is 0.255. The van der Waals surface area contributed by atoms with Crippen LogP contribution in [0.15, 0.2) is 107 Å². The van der Waals surface area contributed by atoms with Crippen LogP contribution in [-0.2, 0) is 11.5 Å². The molecular formula is C30H24N4O3S. The third kappa shape index (κ3) is 5.66. The van der Waals surface area contributed by atoms with Crippen LogP contribution in [0.1, 0.15) is 32.1 Å². The lowest BCUT2D eigenvalue weighted by atomic mass is 10.2.